The molecule has 0 saturated carbocycles. The SMILES string of the molecule is CN(Cc1ccccc1)C(=O)NCCC(=O)Nc1cccc(S(=O)(=O)N2CCNC(=O)C2)c1. The fraction of sp³-hybridized carbons (Fsp3) is 0.318. The summed E-state index contributed by atoms with van der Waals surface area (Å²) in [6, 6.07) is 15.1. The van der Waals surface area contributed by atoms with Gasteiger partial charge in [0.1, 0.15) is 0 Å². The Kier molecular flexibility index (Phi) is 8.01. The summed E-state index contributed by atoms with van der Waals surface area (Å²) in [5, 5.41) is 7.92. The average molecular weight is 474 g/mol. The van der Waals surface area contributed by atoms with Gasteiger partial charge in [-0.1, -0.05) is 36.4 Å². The molecule has 0 radical (unpaired) electrons. The fourth-order valence-electron chi connectivity index (χ4n) is 3.27. The Morgan fingerprint density at radius 2 is 1.88 bits per heavy atom. The minimum Gasteiger partial charge on any atom is -0.354 e. The largest absolute Gasteiger partial charge is 0.354 e. The molecule has 1 aliphatic heterocycles. The molecule has 2 aromatic carbocycles. The van der Waals surface area contributed by atoms with E-state index in [2.05, 4.69) is 16.0 Å². The molecule has 4 amide bonds. The van der Waals surface area contributed by atoms with Crippen LogP contribution in [0.15, 0.2) is 59.5 Å². The van der Waals surface area contributed by atoms with Crippen LogP contribution in [0.5, 0.6) is 0 Å². The predicted octanol–water partition coefficient (Wildman–Crippen LogP) is 0.977. The van der Waals surface area contributed by atoms with Gasteiger partial charge in [-0.3, -0.25) is 9.59 Å². The monoisotopic (exact) mass is 473 g/mol. The zero-order chi connectivity index (χ0) is 23.8. The van der Waals surface area contributed by atoms with Crippen LogP contribution in [0.1, 0.15) is 12.0 Å². The van der Waals surface area contributed by atoms with Gasteiger partial charge in [-0.25, -0.2) is 13.2 Å². The number of sulfonamides is 1. The third-order valence-corrected chi connectivity index (χ3v) is 6.84. The minimum atomic E-state index is -3.86. The molecule has 0 unspecified atom stereocenters. The first-order valence-electron chi connectivity index (χ1n) is 10.5. The topological polar surface area (TPSA) is 128 Å². The van der Waals surface area contributed by atoms with E-state index in [0.717, 1.165) is 9.87 Å². The van der Waals surface area contributed by atoms with Crippen LogP contribution >= 0.6 is 0 Å². The van der Waals surface area contributed by atoms with Crippen LogP contribution in [0.25, 0.3) is 0 Å². The van der Waals surface area contributed by atoms with Gasteiger partial charge in [0.25, 0.3) is 0 Å². The highest BCUT2D eigenvalue weighted by atomic mass is 32.2. The highest BCUT2D eigenvalue weighted by Crippen LogP contribution is 2.20. The summed E-state index contributed by atoms with van der Waals surface area (Å²) in [5.41, 5.74) is 1.31. The third kappa shape index (κ3) is 6.77. The lowest BCUT2D eigenvalue weighted by Crippen LogP contribution is -2.49. The van der Waals surface area contributed by atoms with Gasteiger partial charge in [-0.15, -0.1) is 0 Å². The number of hydrogen-bond donors (Lipinski definition) is 3. The Balaban J connectivity index is 1.49. The molecule has 10 nitrogen and oxygen atoms in total. The molecule has 1 fully saturated rings. The molecule has 0 aliphatic carbocycles. The second-order valence-corrected chi connectivity index (χ2v) is 9.53. The summed E-state index contributed by atoms with van der Waals surface area (Å²) in [6.45, 7) is 0.769. The zero-order valence-electron chi connectivity index (χ0n) is 18.3. The van der Waals surface area contributed by atoms with Gasteiger partial charge in [0.15, 0.2) is 0 Å². The van der Waals surface area contributed by atoms with E-state index in [1.807, 2.05) is 30.3 Å². The predicted molar refractivity (Wildman–Crippen MR) is 123 cm³/mol. The maximum atomic E-state index is 12.8. The number of anilines is 1. The highest BCUT2D eigenvalue weighted by molar-refractivity contribution is 7.89. The molecule has 1 aliphatic rings. The average Bonchev–Trinajstić information content (AvgIpc) is 2.80. The second kappa shape index (κ2) is 10.9. The van der Waals surface area contributed by atoms with Crippen LogP contribution in [-0.2, 0) is 26.2 Å². The second-order valence-electron chi connectivity index (χ2n) is 7.59. The lowest BCUT2D eigenvalue weighted by Gasteiger charge is -2.26. The van der Waals surface area contributed by atoms with Gasteiger partial charge in [0.05, 0.1) is 11.4 Å². The first kappa shape index (κ1) is 24.2. The molecular weight excluding hydrogens is 446 g/mol. The van der Waals surface area contributed by atoms with Gasteiger partial charge in [0, 0.05) is 45.3 Å². The van der Waals surface area contributed by atoms with E-state index in [1.165, 1.54) is 23.1 Å². The van der Waals surface area contributed by atoms with Gasteiger partial charge >= 0.3 is 6.03 Å². The summed E-state index contributed by atoms with van der Waals surface area (Å²) in [7, 11) is -2.19. The first-order chi connectivity index (χ1) is 15.8. The number of benzene rings is 2. The summed E-state index contributed by atoms with van der Waals surface area (Å²) < 4.78 is 26.7. The van der Waals surface area contributed by atoms with Crippen molar-refractivity contribution in [2.75, 3.05) is 38.5 Å². The lowest BCUT2D eigenvalue weighted by molar-refractivity contribution is -0.122. The van der Waals surface area contributed by atoms with Crippen LogP contribution < -0.4 is 16.0 Å². The van der Waals surface area contributed by atoms with Crippen molar-refractivity contribution < 1.29 is 22.8 Å². The van der Waals surface area contributed by atoms with E-state index in [4.69, 9.17) is 0 Å². The number of rotatable bonds is 8. The number of piperazine rings is 1. The quantitative estimate of drug-likeness (QED) is 0.527. The van der Waals surface area contributed by atoms with Crippen molar-refractivity contribution in [3.8, 4) is 0 Å². The Morgan fingerprint density at radius 1 is 1.12 bits per heavy atom. The molecule has 0 aromatic heterocycles. The van der Waals surface area contributed by atoms with E-state index in [9.17, 15) is 22.8 Å². The molecule has 0 atom stereocenters. The standard InChI is InChI=1S/C22H27N5O5S/c1-26(15-17-6-3-2-4-7-17)22(30)24-11-10-20(28)25-18-8-5-9-19(14-18)33(31,32)27-13-12-23-21(29)16-27/h2-9,14H,10-13,15-16H2,1H3,(H,23,29)(H,24,30)(H,25,28). The van der Waals surface area contributed by atoms with E-state index >= 15 is 0 Å². The molecule has 2 aromatic rings. The molecule has 0 bridgehead atoms. The number of carbonyl (C=O) groups is 3. The van der Waals surface area contributed by atoms with Gasteiger partial charge < -0.3 is 20.9 Å². The maximum absolute atomic E-state index is 12.8. The molecule has 0 spiro atoms. The number of nitrogens with one attached hydrogen (secondary N) is 3. The van der Waals surface area contributed by atoms with E-state index < -0.39 is 10.0 Å². The van der Waals surface area contributed by atoms with Crippen LogP contribution in [0.4, 0.5) is 10.5 Å². The third-order valence-electron chi connectivity index (χ3n) is 5.00. The van der Waals surface area contributed by atoms with Crippen molar-refractivity contribution in [1.29, 1.82) is 0 Å². The number of urea groups is 1. The lowest BCUT2D eigenvalue weighted by atomic mass is 10.2. The summed E-state index contributed by atoms with van der Waals surface area (Å²) >= 11 is 0. The molecular formula is C22H27N5O5S. The van der Waals surface area contributed by atoms with Crippen LogP contribution in [0.3, 0.4) is 0 Å². The molecule has 176 valence electrons. The molecule has 11 heteroatoms. The number of amides is 4. The Bertz CT molecular complexity index is 1110. The smallest absolute Gasteiger partial charge is 0.317 e. The van der Waals surface area contributed by atoms with Crippen LogP contribution in [-0.4, -0.2) is 68.7 Å². The summed E-state index contributed by atoms with van der Waals surface area (Å²) in [5.74, 6) is -0.723. The Morgan fingerprint density at radius 3 is 2.61 bits per heavy atom. The van der Waals surface area contributed by atoms with Gasteiger partial charge in [-0.05, 0) is 23.8 Å². The van der Waals surface area contributed by atoms with Gasteiger partial charge in [0.2, 0.25) is 21.8 Å². The number of carbonyl (C=O) groups excluding carboxylic acids is 3. The Labute approximate surface area is 193 Å². The van der Waals surface area contributed by atoms with Crippen molar-refractivity contribution in [3.63, 3.8) is 0 Å². The number of nitrogens with zero attached hydrogens (tertiary/aromatic N) is 2. The Hall–Kier alpha value is -3.44. The van der Waals surface area contributed by atoms with Crippen molar-refractivity contribution in [1.82, 2.24) is 19.8 Å². The number of hydrogen-bond acceptors (Lipinski definition) is 5. The van der Waals surface area contributed by atoms with Crippen molar-refractivity contribution in [3.05, 3.63) is 60.2 Å². The highest BCUT2D eigenvalue weighted by Gasteiger charge is 2.29. The summed E-state index contributed by atoms with van der Waals surface area (Å²) in [4.78, 5) is 37.5. The molecule has 33 heavy (non-hydrogen) atoms. The minimum absolute atomic E-state index is 0.00848. The van der Waals surface area contributed by atoms with E-state index in [1.54, 1.807) is 13.1 Å². The van der Waals surface area contributed by atoms with E-state index in [0.29, 0.717) is 12.2 Å². The van der Waals surface area contributed by atoms with Crippen LogP contribution in [0.2, 0.25) is 0 Å². The van der Waals surface area contributed by atoms with Crippen molar-refractivity contribution in [2.24, 2.45) is 0 Å². The first-order valence-corrected chi connectivity index (χ1v) is 11.9. The molecule has 3 N–H and O–H groups in total. The van der Waals surface area contributed by atoms with Crippen LogP contribution in [0, 0.1) is 0 Å². The van der Waals surface area contributed by atoms with Crippen molar-refractivity contribution in [2.45, 2.75) is 17.9 Å². The summed E-state index contributed by atoms with van der Waals surface area (Å²) in [6.07, 6.45) is 0.0220. The van der Waals surface area contributed by atoms with E-state index in [-0.39, 0.29) is 55.3 Å². The van der Waals surface area contributed by atoms with Gasteiger partial charge in [-0.2, -0.15) is 4.31 Å². The molecule has 3 rings (SSSR count). The normalized spacial score (nSPS) is 14.3. The zero-order valence-corrected chi connectivity index (χ0v) is 19.1. The maximum Gasteiger partial charge on any atom is 0.317 e. The fourth-order valence-corrected chi connectivity index (χ4v) is 4.72. The molecule has 1 saturated heterocycles. The van der Waals surface area contributed by atoms with Crippen molar-refractivity contribution >= 4 is 33.6 Å². The molecule has 1 heterocycles.